The topological polar surface area (TPSA) is 55.6 Å². The van der Waals surface area contributed by atoms with E-state index < -0.39 is 6.10 Å². The lowest BCUT2D eigenvalue weighted by molar-refractivity contribution is -0.138. The van der Waals surface area contributed by atoms with Gasteiger partial charge in [-0.1, -0.05) is 12.1 Å². The summed E-state index contributed by atoms with van der Waals surface area (Å²) in [6.07, 6.45) is 1.52. The van der Waals surface area contributed by atoms with Crippen LogP contribution in [0.2, 0.25) is 0 Å². The van der Waals surface area contributed by atoms with Gasteiger partial charge in [-0.3, -0.25) is 4.79 Å². The van der Waals surface area contributed by atoms with Gasteiger partial charge in [0.25, 0.3) is 5.91 Å². The summed E-state index contributed by atoms with van der Waals surface area (Å²) in [5.74, 6) is 0.704. The molecule has 1 aliphatic heterocycles. The van der Waals surface area contributed by atoms with E-state index in [-0.39, 0.29) is 24.4 Å². The lowest BCUT2D eigenvalue weighted by Crippen LogP contribution is -2.45. The average molecular weight is 364 g/mol. The second kappa shape index (κ2) is 7.86. The number of likely N-dealkylation sites (tertiary alicyclic amines) is 1. The van der Waals surface area contributed by atoms with Crippen LogP contribution in [0.4, 0.5) is 0 Å². The maximum absolute atomic E-state index is 12.4. The molecule has 20 heavy (non-hydrogen) atoms. The SMILES string of the molecule is CC(Oc1ccccc1Br)C(=O)N1CCCC1CN.Cl. The van der Waals surface area contributed by atoms with Gasteiger partial charge in [-0.25, -0.2) is 0 Å². The molecule has 0 aliphatic carbocycles. The lowest BCUT2D eigenvalue weighted by atomic mass is 10.2. The van der Waals surface area contributed by atoms with Crippen LogP contribution in [-0.4, -0.2) is 36.0 Å². The number of nitrogens with zero attached hydrogens (tertiary/aromatic N) is 1. The number of carbonyl (C=O) groups excluding carboxylic acids is 1. The maximum Gasteiger partial charge on any atom is 0.263 e. The standard InChI is InChI=1S/C14H19BrN2O2.ClH/c1-10(19-13-7-3-2-6-12(13)15)14(18)17-8-4-5-11(17)9-16;/h2-3,6-7,10-11H,4-5,8-9,16H2,1H3;1H. The van der Waals surface area contributed by atoms with Gasteiger partial charge in [0.15, 0.2) is 6.10 Å². The van der Waals surface area contributed by atoms with Gasteiger partial charge in [0.1, 0.15) is 5.75 Å². The number of nitrogens with two attached hydrogens (primary N) is 1. The number of amides is 1. The Bertz CT molecular complexity index is 459. The number of hydrogen-bond donors (Lipinski definition) is 1. The summed E-state index contributed by atoms with van der Waals surface area (Å²) in [6, 6.07) is 7.70. The Hall–Kier alpha value is -0.780. The number of hydrogen-bond acceptors (Lipinski definition) is 3. The molecule has 1 aromatic rings. The van der Waals surface area contributed by atoms with Crippen molar-refractivity contribution in [1.29, 1.82) is 0 Å². The number of halogens is 2. The van der Waals surface area contributed by atoms with Crippen LogP contribution in [0, 0.1) is 0 Å². The first-order chi connectivity index (χ1) is 9.13. The first-order valence-electron chi connectivity index (χ1n) is 6.55. The zero-order valence-corrected chi connectivity index (χ0v) is 13.8. The van der Waals surface area contributed by atoms with Crippen LogP contribution >= 0.6 is 28.3 Å². The van der Waals surface area contributed by atoms with Gasteiger partial charge >= 0.3 is 0 Å². The molecule has 6 heteroatoms. The Balaban J connectivity index is 0.00000200. The molecule has 1 fully saturated rings. The van der Waals surface area contributed by atoms with E-state index in [1.807, 2.05) is 29.2 Å². The van der Waals surface area contributed by atoms with Crippen LogP contribution in [-0.2, 0) is 4.79 Å². The molecule has 2 N–H and O–H groups in total. The predicted octanol–water partition coefficient (Wildman–Crippen LogP) is 2.59. The summed E-state index contributed by atoms with van der Waals surface area (Å²) in [5, 5.41) is 0. The van der Waals surface area contributed by atoms with Crippen molar-refractivity contribution in [2.75, 3.05) is 13.1 Å². The molecule has 0 radical (unpaired) electrons. The van der Waals surface area contributed by atoms with E-state index in [1.54, 1.807) is 6.92 Å². The molecule has 2 rings (SSSR count). The number of carbonyl (C=O) groups is 1. The van der Waals surface area contributed by atoms with Crippen LogP contribution in [0.15, 0.2) is 28.7 Å². The summed E-state index contributed by atoms with van der Waals surface area (Å²) in [4.78, 5) is 14.2. The normalized spacial score (nSPS) is 19.4. The van der Waals surface area contributed by atoms with E-state index in [4.69, 9.17) is 10.5 Å². The molecule has 0 saturated carbocycles. The summed E-state index contributed by atoms with van der Waals surface area (Å²) in [6.45, 7) is 3.09. The Morgan fingerprint density at radius 3 is 2.90 bits per heavy atom. The van der Waals surface area contributed by atoms with Crippen LogP contribution in [0.1, 0.15) is 19.8 Å². The molecule has 1 heterocycles. The molecule has 2 atom stereocenters. The summed E-state index contributed by atoms with van der Waals surface area (Å²) in [5.41, 5.74) is 5.70. The van der Waals surface area contributed by atoms with Gasteiger partial charge in [0, 0.05) is 19.1 Å². The number of ether oxygens (including phenoxy) is 1. The van der Waals surface area contributed by atoms with Crippen molar-refractivity contribution < 1.29 is 9.53 Å². The molecule has 0 spiro atoms. The summed E-state index contributed by atoms with van der Waals surface area (Å²) in [7, 11) is 0. The smallest absolute Gasteiger partial charge is 0.263 e. The fourth-order valence-electron chi connectivity index (χ4n) is 2.39. The highest BCUT2D eigenvalue weighted by Crippen LogP contribution is 2.26. The van der Waals surface area contributed by atoms with Gasteiger partial charge in [0.2, 0.25) is 0 Å². The third-order valence-electron chi connectivity index (χ3n) is 3.42. The Labute approximate surface area is 134 Å². The highest BCUT2D eigenvalue weighted by Gasteiger charge is 2.31. The first-order valence-corrected chi connectivity index (χ1v) is 7.34. The van der Waals surface area contributed by atoms with Crippen molar-refractivity contribution in [3.63, 3.8) is 0 Å². The lowest BCUT2D eigenvalue weighted by Gasteiger charge is -2.27. The van der Waals surface area contributed by atoms with E-state index in [1.165, 1.54) is 0 Å². The first kappa shape index (κ1) is 17.3. The predicted molar refractivity (Wildman–Crippen MR) is 85.3 cm³/mol. The third-order valence-corrected chi connectivity index (χ3v) is 4.08. The van der Waals surface area contributed by atoms with Crippen LogP contribution in [0.5, 0.6) is 5.75 Å². The van der Waals surface area contributed by atoms with Crippen molar-refractivity contribution in [2.45, 2.75) is 31.9 Å². The average Bonchev–Trinajstić information content (AvgIpc) is 2.88. The molecular formula is C14H20BrClN2O2. The van der Waals surface area contributed by atoms with Crippen molar-refractivity contribution in [3.8, 4) is 5.75 Å². The molecular weight excluding hydrogens is 344 g/mol. The van der Waals surface area contributed by atoms with Gasteiger partial charge in [0.05, 0.1) is 4.47 Å². The molecule has 0 bridgehead atoms. The third kappa shape index (κ3) is 3.87. The van der Waals surface area contributed by atoms with Gasteiger partial charge in [-0.15, -0.1) is 12.4 Å². The largest absolute Gasteiger partial charge is 0.480 e. The highest BCUT2D eigenvalue weighted by atomic mass is 79.9. The van der Waals surface area contributed by atoms with Crippen molar-refractivity contribution in [1.82, 2.24) is 4.90 Å². The number of para-hydroxylation sites is 1. The molecule has 2 unspecified atom stereocenters. The fourth-order valence-corrected chi connectivity index (χ4v) is 2.76. The second-order valence-electron chi connectivity index (χ2n) is 4.75. The van der Waals surface area contributed by atoms with E-state index in [2.05, 4.69) is 15.9 Å². The Morgan fingerprint density at radius 2 is 2.25 bits per heavy atom. The molecule has 1 amide bonds. The van der Waals surface area contributed by atoms with E-state index in [9.17, 15) is 4.79 Å². The monoisotopic (exact) mass is 362 g/mol. The molecule has 1 aliphatic rings. The highest BCUT2D eigenvalue weighted by molar-refractivity contribution is 9.10. The summed E-state index contributed by atoms with van der Waals surface area (Å²) < 4.78 is 6.59. The quantitative estimate of drug-likeness (QED) is 0.894. The zero-order valence-electron chi connectivity index (χ0n) is 11.4. The van der Waals surface area contributed by atoms with Crippen molar-refractivity contribution in [3.05, 3.63) is 28.7 Å². The molecule has 1 aromatic carbocycles. The molecule has 112 valence electrons. The minimum Gasteiger partial charge on any atom is -0.480 e. The van der Waals surface area contributed by atoms with E-state index in [0.29, 0.717) is 12.3 Å². The fraction of sp³-hybridized carbons (Fsp3) is 0.500. The van der Waals surface area contributed by atoms with Gasteiger partial charge in [-0.2, -0.15) is 0 Å². The minimum atomic E-state index is -0.495. The number of rotatable bonds is 4. The van der Waals surface area contributed by atoms with Gasteiger partial charge in [-0.05, 0) is 47.8 Å². The van der Waals surface area contributed by atoms with Crippen LogP contribution < -0.4 is 10.5 Å². The zero-order chi connectivity index (χ0) is 13.8. The maximum atomic E-state index is 12.4. The van der Waals surface area contributed by atoms with Crippen molar-refractivity contribution in [2.24, 2.45) is 5.73 Å². The second-order valence-corrected chi connectivity index (χ2v) is 5.61. The Morgan fingerprint density at radius 1 is 1.55 bits per heavy atom. The van der Waals surface area contributed by atoms with Crippen molar-refractivity contribution >= 4 is 34.2 Å². The molecule has 0 aromatic heterocycles. The minimum absolute atomic E-state index is 0. The Kier molecular flexibility index (Phi) is 6.79. The molecule has 4 nitrogen and oxygen atoms in total. The van der Waals surface area contributed by atoms with E-state index >= 15 is 0 Å². The van der Waals surface area contributed by atoms with Crippen LogP contribution in [0.3, 0.4) is 0 Å². The number of benzene rings is 1. The molecule has 1 saturated heterocycles. The summed E-state index contributed by atoms with van der Waals surface area (Å²) >= 11 is 3.41. The van der Waals surface area contributed by atoms with Gasteiger partial charge < -0.3 is 15.4 Å². The van der Waals surface area contributed by atoms with E-state index in [0.717, 1.165) is 23.9 Å². The van der Waals surface area contributed by atoms with Crippen LogP contribution in [0.25, 0.3) is 0 Å².